The Kier molecular flexibility index (Phi) is 31.3. The number of morpholine rings is 3. The Morgan fingerprint density at radius 2 is 0.762 bits per heavy atom. The zero-order chi connectivity index (χ0) is 92.0. The number of halogens is 2. The van der Waals surface area contributed by atoms with Crippen LogP contribution in [0.15, 0.2) is 107 Å². The first-order valence-electron chi connectivity index (χ1n) is 49.0. The summed E-state index contributed by atoms with van der Waals surface area (Å²) in [7, 11) is 0. The molecule has 12 aliphatic carbocycles. The van der Waals surface area contributed by atoms with Crippen molar-refractivity contribution in [3.05, 3.63) is 138 Å². The molecule has 6 heterocycles. The van der Waals surface area contributed by atoms with Crippen LogP contribution in [-0.2, 0) is 28.4 Å². The Morgan fingerprint density at radius 1 is 0.438 bits per heavy atom. The van der Waals surface area contributed by atoms with E-state index < -0.39 is 27.9 Å². The number of alkyl halides is 2. The Balaban J connectivity index is 0.000000140. The van der Waals surface area contributed by atoms with Crippen molar-refractivity contribution in [3.63, 3.8) is 0 Å². The largest absolute Gasteiger partial charge is 0.514 e. The van der Waals surface area contributed by atoms with Crippen LogP contribution in [0.3, 0.4) is 0 Å². The van der Waals surface area contributed by atoms with Crippen LogP contribution < -0.4 is 38.0 Å². The molecule has 0 spiro atoms. The maximum absolute atomic E-state index is 12.6. The first kappa shape index (κ1) is 98.0. The maximum atomic E-state index is 12.6. The lowest BCUT2D eigenvalue weighted by atomic mass is 9.43. The number of hydrogen-bond donors (Lipinski definition) is 6. The van der Waals surface area contributed by atoms with Gasteiger partial charge in [-0.05, 0) is 308 Å². The summed E-state index contributed by atoms with van der Waals surface area (Å²) < 4.78 is 54.4. The minimum absolute atomic E-state index is 0.0245. The molecule has 15 fully saturated rings. The van der Waals surface area contributed by atoms with Crippen molar-refractivity contribution < 1.29 is 81.0 Å². The predicted molar refractivity (Wildman–Crippen MR) is 491 cm³/mol. The number of fused-ring (bicyclic) bond motifs is 15. The molecule has 0 unspecified atom stereocenters. The lowest BCUT2D eigenvalue weighted by Gasteiger charge is -2.63. The highest BCUT2D eigenvalue weighted by molar-refractivity contribution is 6.40. The van der Waals surface area contributed by atoms with Crippen LogP contribution >= 0.6 is 23.2 Å². The topological polar surface area (TPSA) is 370 Å². The van der Waals surface area contributed by atoms with E-state index in [1.54, 1.807) is 18.8 Å². The van der Waals surface area contributed by atoms with E-state index in [4.69, 9.17) is 75.3 Å². The van der Waals surface area contributed by atoms with E-state index in [0.29, 0.717) is 60.4 Å². The number of carbonyl (C=O) groups excluding carboxylic acids is 3. The number of alkyl carbamates (subject to hydrolysis) is 2. The van der Waals surface area contributed by atoms with Gasteiger partial charge in [-0.15, -0.1) is 23.2 Å². The number of nitrogens with two attached hydrogens (primary N) is 1. The summed E-state index contributed by atoms with van der Waals surface area (Å²) in [5.41, 5.74) is 4.99. The molecule has 720 valence electrons. The number of nitro groups is 1. The van der Waals surface area contributed by atoms with Gasteiger partial charge in [0.15, 0.2) is 0 Å². The molecule has 0 bridgehead atoms. The summed E-state index contributed by atoms with van der Waals surface area (Å²) in [6.07, 6.45) is 28.9. The van der Waals surface area contributed by atoms with Gasteiger partial charge < -0.3 is 78.1 Å². The molecule has 12 saturated carbocycles. The van der Waals surface area contributed by atoms with Crippen LogP contribution in [0.1, 0.15) is 249 Å². The normalized spacial score (nSPS) is 38.8. The third-order valence-corrected chi connectivity index (χ3v) is 37.0. The molecule has 130 heavy (non-hydrogen) atoms. The predicted octanol–water partition coefficient (Wildman–Crippen LogP) is 15.7. The van der Waals surface area contributed by atoms with Gasteiger partial charge in [0.2, 0.25) is 0 Å². The van der Waals surface area contributed by atoms with Crippen LogP contribution in [0.25, 0.3) is 0 Å². The van der Waals surface area contributed by atoms with Crippen LogP contribution in [0.2, 0.25) is 0 Å². The number of nitrogens with zero attached hydrogens (tertiary/aromatic N) is 4. The number of rotatable bonds is 16. The smallest absolute Gasteiger partial charge is 0.446 e. The van der Waals surface area contributed by atoms with Crippen LogP contribution in [-0.4, -0.2) is 212 Å². The number of aliphatic hydroxyl groups is 3. The second-order valence-corrected chi connectivity index (χ2v) is 43.2. The van der Waals surface area contributed by atoms with E-state index in [2.05, 4.69) is 66.9 Å². The minimum atomic E-state index is -0.785. The quantitative estimate of drug-likeness (QED) is 0.0151. The van der Waals surface area contributed by atoms with E-state index in [1.165, 1.54) is 42.5 Å². The highest BCUT2D eigenvalue weighted by Crippen LogP contribution is 2.75. The molecule has 28 nitrogen and oxygen atoms in total. The van der Waals surface area contributed by atoms with Gasteiger partial charge in [-0.25, -0.2) is 28.8 Å². The monoisotopic (exact) mass is 1850 g/mol. The minimum Gasteiger partial charge on any atom is -0.446 e. The van der Waals surface area contributed by atoms with Crippen molar-refractivity contribution in [2.45, 2.75) is 268 Å². The van der Waals surface area contributed by atoms with Gasteiger partial charge in [0.25, 0.3) is 5.69 Å². The third kappa shape index (κ3) is 20.1. The summed E-state index contributed by atoms with van der Waals surface area (Å²) in [6, 6.07) is 15.5. The number of hydrogen-bond acceptors (Lipinski definition) is 25. The molecule has 7 N–H and O–H groups in total. The summed E-state index contributed by atoms with van der Waals surface area (Å²) in [5.74, 6) is 4.43. The number of ether oxygens (including phenoxy) is 7. The van der Waals surface area contributed by atoms with Crippen molar-refractivity contribution >= 4 is 47.2 Å². The first-order chi connectivity index (χ1) is 62.3. The van der Waals surface area contributed by atoms with Gasteiger partial charge in [-0.2, -0.15) is 0 Å². The highest BCUT2D eigenvalue weighted by Gasteiger charge is 2.71. The van der Waals surface area contributed by atoms with Crippen LogP contribution in [0, 0.1) is 95.9 Å². The Hall–Kier alpha value is -6.54. The Morgan fingerprint density at radius 3 is 1.07 bits per heavy atom. The summed E-state index contributed by atoms with van der Waals surface area (Å²) >= 11 is 9.53. The Labute approximate surface area is 775 Å². The number of carbonyl (C=O) groups is 3. The van der Waals surface area contributed by atoms with E-state index in [9.17, 15) is 54.2 Å². The van der Waals surface area contributed by atoms with E-state index in [0.717, 1.165) is 295 Å². The van der Waals surface area contributed by atoms with Crippen LogP contribution in [0.5, 0.6) is 5.75 Å². The van der Waals surface area contributed by atoms with Crippen molar-refractivity contribution in [2.24, 2.45) is 91.5 Å². The molecule has 0 radical (unpaired) electrons. The number of benzene rings is 1. The van der Waals surface area contributed by atoms with Gasteiger partial charge in [-0.1, -0.05) is 41.5 Å². The molecular formula is C100H145Cl2N7O21. The fourth-order valence-corrected chi connectivity index (χ4v) is 29.8. The van der Waals surface area contributed by atoms with Crippen molar-refractivity contribution in [1.29, 1.82) is 0 Å². The standard InChI is InChI=1S/2C31H46N2O6.C31H37NO8.C6H14N2O.CH2Cl2/c2*1-29-10-7-23(39-28(35)32-13-14-33-15-17-37-18-16-33)19-22(29)4-5-26-25(29)8-11-30(2)24(9-12-31(26,30)36)21-3-6-27(34)38-20-21;1-29-14-11-23(40-28(34)39-22-7-5-21(6-8-22)32(36)37)17-20(29)4-9-26-25(29)12-15-30(2)24(13-16-31(26,30)35)19-3-10-27(33)38-18-19;7-1-2-8-3-5-9-6-4-8;2-1-3/h2*3,6,20,22-26,36H,4-5,7-19H2,1-2H3,(H,32,35);3,5-8,10,18,20,23-26,35H,4,9,11-17H2,1-2H3;1-7H2;1H2/t2*22-,23+,24-,25+,26-,29+,30-,31+;20-,23+,24-,25+,26-,29+,30-,31+;;/m111../s1. The average molecular weight is 1850 g/mol. The second kappa shape index (κ2) is 41.6. The molecule has 15 aliphatic rings. The molecule has 3 aromatic heterocycles. The van der Waals surface area contributed by atoms with E-state index in [-0.39, 0.29) is 120 Å². The highest BCUT2D eigenvalue weighted by atomic mass is 35.5. The second-order valence-electron chi connectivity index (χ2n) is 42.4. The average Bonchev–Trinajstić information content (AvgIpc) is 1.48. The molecular weight excluding hydrogens is 1710 g/mol. The number of nitro benzene ring substituents is 1. The molecule has 30 heteroatoms. The van der Waals surface area contributed by atoms with Crippen molar-refractivity contribution in [1.82, 2.24) is 25.3 Å². The van der Waals surface area contributed by atoms with Gasteiger partial charge >= 0.3 is 35.2 Å². The molecule has 3 aliphatic heterocycles. The molecule has 2 amide bonds. The van der Waals surface area contributed by atoms with E-state index in [1.807, 2.05) is 18.2 Å². The van der Waals surface area contributed by atoms with Gasteiger partial charge in [0.05, 0.1) is 85.5 Å². The molecule has 4 aromatic rings. The zero-order valence-electron chi connectivity index (χ0n) is 77.5. The summed E-state index contributed by atoms with van der Waals surface area (Å²) in [5, 5.41) is 54.2. The number of nitrogens with one attached hydrogen (secondary N) is 2. The Bertz CT molecular complexity index is 4430. The number of non-ortho nitro benzene ring substituents is 1. The molecule has 3 saturated heterocycles. The van der Waals surface area contributed by atoms with Crippen molar-refractivity contribution in [2.75, 3.05) is 124 Å². The zero-order valence-corrected chi connectivity index (χ0v) is 79.0. The first-order valence-corrected chi connectivity index (χ1v) is 50.1. The summed E-state index contributed by atoms with van der Waals surface area (Å²) in [4.78, 5) is 89.5. The van der Waals surface area contributed by atoms with Gasteiger partial charge in [-0.3, -0.25) is 24.8 Å². The lowest BCUT2D eigenvalue weighted by molar-refractivity contribution is -0.384. The molecule has 19 rings (SSSR count). The molecule has 1 aromatic carbocycles. The van der Waals surface area contributed by atoms with E-state index >= 15 is 0 Å². The lowest BCUT2D eigenvalue weighted by Crippen LogP contribution is -2.62. The van der Waals surface area contributed by atoms with Gasteiger partial charge in [0, 0.05) is 125 Å². The molecule has 24 atom stereocenters. The van der Waals surface area contributed by atoms with Crippen LogP contribution in [0.4, 0.5) is 20.1 Å². The maximum Gasteiger partial charge on any atom is 0.514 e. The SMILES string of the molecule is C[C@]12CC[C@H](OC(=O)NCCN3CCOCC3)C[C@H]1CC[C@@H]1[C@@H]2CC[C@]2(C)[C@@H](c3ccc(=O)oc3)CC[C@]12O.C[C@]12CC[C@H](OC(=O)NCCN3CCOCC3)C[C@H]1CC[C@@H]1[C@@H]2CC[C@]2(C)[C@@H](c3ccc(=O)oc3)CC[C@]12O.C[C@]12CC[C@H](OC(=O)Oc3ccc([N+](=O)[O-])cc3)C[C@H]1CC[C@@H]1[C@@H]2CC[C@]2(C)[C@@H](c3ccc(=O)oc3)CC[C@]12O.ClCCl.NCCN1CCOCC1. The van der Waals surface area contributed by atoms with Crippen molar-refractivity contribution in [3.8, 4) is 5.75 Å². The fourth-order valence-electron chi connectivity index (χ4n) is 29.8. The van der Waals surface area contributed by atoms with Gasteiger partial charge in [0.1, 0.15) is 24.1 Å². The third-order valence-electron chi connectivity index (χ3n) is 37.0. The fraction of sp³-hybridized carbons (Fsp3) is 0.760. The summed E-state index contributed by atoms with van der Waals surface area (Å²) in [6.45, 7) is 29.3. The number of amides is 2.